The molecule has 0 aromatic heterocycles. The summed E-state index contributed by atoms with van der Waals surface area (Å²) in [7, 11) is 0. The van der Waals surface area contributed by atoms with Crippen LogP contribution in [0.5, 0.6) is 0 Å². The largest absolute Gasteiger partial charge is 0.385 e. The predicted molar refractivity (Wildman–Crippen MR) is 96.3 cm³/mol. The zero-order chi connectivity index (χ0) is 16.5. The van der Waals surface area contributed by atoms with Crippen LogP contribution in [-0.4, -0.2) is 12.4 Å². The van der Waals surface area contributed by atoms with Crippen LogP contribution < -0.4 is 11.1 Å². The molecule has 0 saturated heterocycles. The number of nitrogens with zero attached hydrogens (tertiary/aromatic N) is 3. The van der Waals surface area contributed by atoms with E-state index in [2.05, 4.69) is 27.7 Å². The van der Waals surface area contributed by atoms with E-state index >= 15 is 0 Å². The zero-order valence-corrected chi connectivity index (χ0v) is 13.7. The molecule has 23 heavy (non-hydrogen) atoms. The van der Waals surface area contributed by atoms with Crippen molar-refractivity contribution in [2.24, 2.45) is 21.2 Å². The van der Waals surface area contributed by atoms with Crippen molar-refractivity contribution in [3.63, 3.8) is 0 Å². The smallest absolute Gasteiger partial charge is 0.155 e. The summed E-state index contributed by atoms with van der Waals surface area (Å²) in [4.78, 5) is 0. The number of anilines is 1. The minimum absolute atomic E-state index is 0.353. The Hall–Kier alpha value is -2.69. The first-order valence-electron chi connectivity index (χ1n) is 7.84. The second-order valence-corrected chi connectivity index (χ2v) is 5.37. The monoisotopic (exact) mass is 309 g/mol. The van der Waals surface area contributed by atoms with Gasteiger partial charge >= 0.3 is 0 Å². The summed E-state index contributed by atoms with van der Waals surface area (Å²) in [6.07, 6.45) is 2.34. The summed E-state index contributed by atoms with van der Waals surface area (Å²) in [5, 5.41) is 15.2. The standard InChI is InChI=1S/C18H23N5/c1-3-4-13-20-16-9-11-17(12-10-16)21-23-22-18(19)15-7-5-14(2)6-8-15/h5-12,20H,3-4,13H2,1-2H3,(H2,19,21,22). The molecular weight excluding hydrogens is 286 g/mol. The Morgan fingerprint density at radius 3 is 2.39 bits per heavy atom. The van der Waals surface area contributed by atoms with Crippen LogP contribution in [0.15, 0.2) is 64.0 Å². The fourth-order valence-corrected chi connectivity index (χ4v) is 1.96. The quantitative estimate of drug-likeness (QED) is 0.257. The number of hydrogen-bond acceptors (Lipinski definition) is 3. The van der Waals surface area contributed by atoms with Gasteiger partial charge in [-0.3, -0.25) is 0 Å². The van der Waals surface area contributed by atoms with Crippen molar-refractivity contribution in [3.05, 3.63) is 59.7 Å². The van der Waals surface area contributed by atoms with Crippen molar-refractivity contribution in [3.8, 4) is 0 Å². The molecular formula is C18H23N5. The van der Waals surface area contributed by atoms with E-state index in [1.807, 2.05) is 55.5 Å². The van der Waals surface area contributed by atoms with E-state index in [4.69, 9.17) is 5.73 Å². The number of nitrogens with two attached hydrogens (primary N) is 1. The SMILES string of the molecule is CCCCNc1ccc(N=NN=C(N)c2ccc(C)cc2)cc1. The maximum atomic E-state index is 5.89. The van der Waals surface area contributed by atoms with Gasteiger partial charge in [0.1, 0.15) is 0 Å². The molecule has 2 aromatic rings. The first kappa shape index (κ1) is 16.7. The average molecular weight is 309 g/mol. The summed E-state index contributed by atoms with van der Waals surface area (Å²) < 4.78 is 0. The van der Waals surface area contributed by atoms with Crippen LogP contribution in [0.2, 0.25) is 0 Å². The summed E-state index contributed by atoms with van der Waals surface area (Å²) in [5.41, 5.74) is 9.73. The van der Waals surface area contributed by atoms with Gasteiger partial charge in [0, 0.05) is 17.8 Å². The van der Waals surface area contributed by atoms with E-state index in [9.17, 15) is 0 Å². The third-order valence-electron chi connectivity index (χ3n) is 3.39. The molecule has 2 rings (SSSR count). The fraction of sp³-hybridized carbons (Fsp3) is 0.278. The van der Waals surface area contributed by atoms with Gasteiger partial charge in [-0.25, -0.2) is 0 Å². The van der Waals surface area contributed by atoms with E-state index in [1.54, 1.807) is 0 Å². The first-order chi connectivity index (χ1) is 11.2. The average Bonchev–Trinajstić information content (AvgIpc) is 2.57. The van der Waals surface area contributed by atoms with Gasteiger partial charge in [0.2, 0.25) is 0 Å². The lowest BCUT2D eigenvalue weighted by Gasteiger charge is -2.04. The Kier molecular flexibility index (Phi) is 6.29. The van der Waals surface area contributed by atoms with Crippen LogP contribution in [0.1, 0.15) is 30.9 Å². The molecule has 0 amide bonds. The van der Waals surface area contributed by atoms with Crippen LogP contribution in [0.4, 0.5) is 11.4 Å². The topological polar surface area (TPSA) is 75.1 Å². The lowest BCUT2D eigenvalue weighted by Crippen LogP contribution is -2.12. The van der Waals surface area contributed by atoms with E-state index < -0.39 is 0 Å². The Labute approximate surface area is 137 Å². The van der Waals surface area contributed by atoms with Crippen LogP contribution in [-0.2, 0) is 0 Å². The molecule has 0 aliphatic rings. The highest BCUT2D eigenvalue weighted by atomic mass is 15.4. The number of hydrogen-bond donors (Lipinski definition) is 2. The molecule has 5 nitrogen and oxygen atoms in total. The van der Waals surface area contributed by atoms with Gasteiger partial charge in [0.05, 0.1) is 5.69 Å². The van der Waals surface area contributed by atoms with Gasteiger partial charge in [-0.1, -0.05) is 43.2 Å². The van der Waals surface area contributed by atoms with Crippen molar-refractivity contribution >= 4 is 17.2 Å². The molecule has 0 saturated carbocycles. The van der Waals surface area contributed by atoms with Crippen molar-refractivity contribution in [1.29, 1.82) is 0 Å². The molecule has 0 aliphatic heterocycles. The van der Waals surface area contributed by atoms with E-state index in [0.29, 0.717) is 5.84 Å². The van der Waals surface area contributed by atoms with Gasteiger partial charge in [0.25, 0.3) is 0 Å². The van der Waals surface area contributed by atoms with Gasteiger partial charge < -0.3 is 11.1 Å². The molecule has 3 N–H and O–H groups in total. The Morgan fingerprint density at radius 1 is 1.04 bits per heavy atom. The minimum Gasteiger partial charge on any atom is -0.385 e. The van der Waals surface area contributed by atoms with Crippen LogP contribution >= 0.6 is 0 Å². The second kappa shape index (κ2) is 8.68. The van der Waals surface area contributed by atoms with Gasteiger partial charge in [-0.15, -0.1) is 10.2 Å². The van der Waals surface area contributed by atoms with Gasteiger partial charge in [-0.2, -0.15) is 0 Å². The Bertz CT molecular complexity index is 657. The summed E-state index contributed by atoms with van der Waals surface area (Å²) in [6.45, 7) is 5.18. The van der Waals surface area contributed by atoms with Gasteiger partial charge in [-0.05, 0) is 42.8 Å². The summed E-state index contributed by atoms with van der Waals surface area (Å²) >= 11 is 0. The van der Waals surface area contributed by atoms with Crippen LogP contribution in [0, 0.1) is 6.92 Å². The van der Waals surface area contributed by atoms with Crippen molar-refractivity contribution < 1.29 is 0 Å². The highest BCUT2D eigenvalue weighted by Gasteiger charge is 1.97. The first-order valence-corrected chi connectivity index (χ1v) is 7.84. The van der Waals surface area contributed by atoms with E-state index in [0.717, 1.165) is 29.9 Å². The van der Waals surface area contributed by atoms with Gasteiger partial charge in [0.15, 0.2) is 5.84 Å². The zero-order valence-electron chi connectivity index (χ0n) is 13.7. The summed E-state index contributed by atoms with van der Waals surface area (Å²) in [5.74, 6) is 0.353. The molecule has 120 valence electrons. The third kappa shape index (κ3) is 5.54. The number of unbranched alkanes of at least 4 members (excludes halogenated alkanes) is 1. The minimum atomic E-state index is 0.353. The van der Waals surface area contributed by atoms with Crippen LogP contribution in [0.3, 0.4) is 0 Å². The number of nitrogens with one attached hydrogen (secondary N) is 1. The van der Waals surface area contributed by atoms with Crippen molar-refractivity contribution in [2.45, 2.75) is 26.7 Å². The summed E-state index contributed by atoms with van der Waals surface area (Å²) in [6, 6.07) is 15.6. The maximum Gasteiger partial charge on any atom is 0.155 e. The van der Waals surface area contributed by atoms with Crippen LogP contribution in [0.25, 0.3) is 0 Å². The molecule has 0 unspecified atom stereocenters. The lowest BCUT2D eigenvalue weighted by atomic mass is 10.1. The molecule has 0 aliphatic carbocycles. The fourth-order valence-electron chi connectivity index (χ4n) is 1.96. The molecule has 0 heterocycles. The van der Waals surface area contributed by atoms with Crippen molar-refractivity contribution in [1.82, 2.24) is 0 Å². The highest BCUT2D eigenvalue weighted by Crippen LogP contribution is 2.17. The Balaban J connectivity index is 1.94. The lowest BCUT2D eigenvalue weighted by molar-refractivity contribution is 0.834. The second-order valence-electron chi connectivity index (χ2n) is 5.37. The molecule has 0 radical (unpaired) electrons. The number of benzene rings is 2. The molecule has 0 spiro atoms. The Morgan fingerprint density at radius 2 is 1.74 bits per heavy atom. The van der Waals surface area contributed by atoms with Crippen molar-refractivity contribution in [2.75, 3.05) is 11.9 Å². The molecule has 2 aromatic carbocycles. The highest BCUT2D eigenvalue weighted by molar-refractivity contribution is 5.97. The normalized spacial score (nSPS) is 11.8. The van der Waals surface area contributed by atoms with E-state index in [1.165, 1.54) is 12.0 Å². The molecule has 0 fully saturated rings. The molecule has 0 atom stereocenters. The van der Waals surface area contributed by atoms with E-state index in [-0.39, 0.29) is 0 Å². The predicted octanol–water partition coefficient (Wildman–Crippen LogP) is 4.61. The maximum absolute atomic E-state index is 5.89. The number of rotatable bonds is 7. The number of aryl methyl sites for hydroxylation is 1. The third-order valence-corrected chi connectivity index (χ3v) is 3.39. The molecule has 5 heteroatoms. The molecule has 0 bridgehead atoms. The number of amidine groups is 1.